The molecule has 3 rings (SSSR count). The summed E-state index contributed by atoms with van der Waals surface area (Å²) in [4.78, 5) is 0. The summed E-state index contributed by atoms with van der Waals surface area (Å²) >= 11 is 0. The summed E-state index contributed by atoms with van der Waals surface area (Å²) in [6, 6.07) is 1.80. The maximum atomic E-state index is 3.76. The van der Waals surface area contributed by atoms with Gasteiger partial charge in [0.05, 0.1) is 0 Å². The van der Waals surface area contributed by atoms with Gasteiger partial charge in [-0.2, -0.15) is 0 Å². The van der Waals surface area contributed by atoms with Crippen LogP contribution in [0.2, 0.25) is 0 Å². The lowest BCUT2D eigenvalue weighted by atomic mass is 9.78. The minimum Gasteiger partial charge on any atom is -0.311 e. The SMILES string of the molecule is C1CCC(CC2CC3CCC(C2)N3)CC1.Cl. The molecule has 2 atom stereocenters. The molecule has 2 unspecified atom stereocenters. The Bertz CT molecular complexity index is 201. The molecule has 3 fully saturated rings. The van der Waals surface area contributed by atoms with Gasteiger partial charge in [0, 0.05) is 12.1 Å². The summed E-state index contributed by atoms with van der Waals surface area (Å²) in [6.45, 7) is 0. The van der Waals surface area contributed by atoms with E-state index in [1.807, 2.05) is 0 Å². The second kappa shape index (κ2) is 5.73. The van der Waals surface area contributed by atoms with Crippen LogP contribution in [0.4, 0.5) is 0 Å². The molecular weight excluding hydrogens is 218 g/mol. The third-order valence-electron chi connectivity index (χ3n) is 4.96. The number of rotatable bonds is 2. The van der Waals surface area contributed by atoms with Crippen molar-refractivity contribution in [3.63, 3.8) is 0 Å². The fourth-order valence-electron chi connectivity index (χ4n) is 4.26. The van der Waals surface area contributed by atoms with Gasteiger partial charge in [-0.25, -0.2) is 0 Å². The number of nitrogens with one attached hydrogen (secondary N) is 1. The van der Waals surface area contributed by atoms with Crippen LogP contribution < -0.4 is 5.32 Å². The van der Waals surface area contributed by atoms with Crippen LogP contribution in [0.15, 0.2) is 0 Å². The Labute approximate surface area is 106 Å². The Hall–Kier alpha value is 0.250. The van der Waals surface area contributed by atoms with Crippen molar-refractivity contribution >= 4 is 12.4 Å². The van der Waals surface area contributed by atoms with Crippen molar-refractivity contribution in [3.8, 4) is 0 Å². The highest BCUT2D eigenvalue weighted by molar-refractivity contribution is 5.85. The molecule has 94 valence electrons. The van der Waals surface area contributed by atoms with Crippen molar-refractivity contribution in [2.75, 3.05) is 0 Å². The van der Waals surface area contributed by atoms with Crippen molar-refractivity contribution in [2.24, 2.45) is 11.8 Å². The first-order chi connectivity index (χ1) is 7.40. The zero-order valence-electron chi connectivity index (χ0n) is 10.3. The molecule has 3 aliphatic rings. The summed E-state index contributed by atoms with van der Waals surface area (Å²) in [5.74, 6) is 2.17. The Morgan fingerprint density at radius 1 is 0.750 bits per heavy atom. The number of hydrogen-bond donors (Lipinski definition) is 1. The first-order valence-electron chi connectivity index (χ1n) is 7.16. The molecule has 2 bridgehead atoms. The normalized spacial score (nSPS) is 39.4. The van der Waals surface area contributed by atoms with Gasteiger partial charge in [-0.1, -0.05) is 32.1 Å². The molecule has 0 radical (unpaired) electrons. The summed E-state index contributed by atoms with van der Waals surface area (Å²) in [5, 5.41) is 3.76. The van der Waals surface area contributed by atoms with Crippen molar-refractivity contribution in [1.82, 2.24) is 5.32 Å². The average molecular weight is 244 g/mol. The van der Waals surface area contributed by atoms with E-state index in [1.165, 1.54) is 44.9 Å². The van der Waals surface area contributed by atoms with E-state index < -0.39 is 0 Å². The monoisotopic (exact) mass is 243 g/mol. The third-order valence-corrected chi connectivity index (χ3v) is 4.96. The highest BCUT2D eigenvalue weighted by atomic mass is 35.5. The maximum Gasteiger partial charge on any atom is 0.00728 e. The van der Waals surface area contributed by atoms with E-state index in [0.717, 1.165) is 23.9 Å². The molecule has 2 heteroatoms. The largest absolute Gasteiger partial charge is 0.311 e. The lowest BCUT2D eigenvalue weighted by Crippen LogP contribution is -2.38. The first-order valence-corrected chi connectivity index (χ1v) is 7.16. The van der Waals surface area contributed by atoms with Gasteiger partial charge in [0.15, 0.2) is 0 Å². The van der Waals surface area contributed by atoms with Crippen molar-refractivity contribution in [3.05, 3.63) is 0 Å². The Balaban J connectivity index is 0.000000963. The predicted octanol–water partition coefficient (Wildman–Crippen LogP) is 3.91. The fraction of sp³-hybridized carbons (Fsp3) is 1.00. The van der Waals surface area contributed by atoms with E-state index in [0.29, 0.717) is 0 Å². The van der Waals surface area contributed by atoms with Gasteiger partial charge in [0.2, 0.25) is 0 Å². The van der Waals surface area contributed by atoms with Crippen LogP contribution in [-0.4, -0.2) is 12.1 Å². The molecule has 0 aromatic heterocycles. The minimum atomic E-state index is 0. The lowest BCUT2D eigenvalue weighted by Gasteiger charge is -2.32. The quantitative estimate of drug-likeness (QED) is 0.776. The molecule has 2 saturated heterocycles. The standard InChI is InChI=1S/C14H25N.ClH/c1-2-4-11(5-3-1)8-12-9-13-6-7-14(10-12)15-13;/h11-15H,1-10H2;1H. The van der Waals surface area contributed by atoms with Crippen LogP contribution in [0.5, 0.6) is 0 Å². The molecule has 1 N–H and O–H groups in total. The highest BCUT2D eigenvalue weighted by Gasteiger charge is 2.34. The maximum absolute atomic E-state index is 3.76. The zero-order valence-corrected chi connectivity index (χ0v) is 11.1. The predicted molar refractivity (Wildman–Crippen MR) is 71.1 cm³/mol. The van der Waals surface area contributed by atoms with Crippen molar-refractivity contribution in [2.45, 2.75) is 76.3 Å². The number of piperidine rings is 1. The van der Waals surface area contributed by atoms with E-state index in [4.69, 9.17) is 0 Å². The first kappa shape index (κ1) is 12.7. The van der Waals surface area contributed by atoms with Crippen LogP contribution >= 0.6 is 12.4 Å². The Morgan fingerprint density at radius 3 is 2.00 bits per heavy atom. The molecule has 2 aliphatic heterocycles. The minimum absolute atomic E-state index is 0. The summed E-state index contributed by atoms with van der Waals surface area (Å²) in [7, 11) is 0. The highest BCUT2D eigenvalue weighted by Crippen LogP contribution is 2.37. The second-order valence-electron chi connectivity index (χ2n) is 6.22. The number of halogens is 1. The van der Waals surface area contributed by atoms with E-state index in [9.17, 15) is 0 Å². The van der Waals surface area contributed by atoms with E-state index in [2.05, 4.69) is 5.32 Å². The number of fused-ring (bicyclic) bond motifs is 2. The zero-order chi connectivity index (χ0) is 10.1. The van der Waals surface area contributed by atoms with Gasteiger partial charge < -0.3 is 5.32 Å². The average Bonchev–Trinajstić information content (AvgIpc) is 2.60. The van der Waals surface area contributed by atoms with Crippen molar-refractivity contribution in [1.29, 1.82) is 0 Å². The van der Waals surface area contributed by atoms with Crippen molar-refractivity contribution < 1.29 is 0 Å². The lowest BCUT2D eigenvalue weighted by molar-refractivity contribution is 0.222. The topological polar surface area (TPSA) is 12.0 Å². The molecule has 1 saturated carbocycles. The van der Waals surface area contributed by atoms with Crippen LogP contribution in [-0.2, 0) is 0 Å². The smallest absolute Gasteiger partial charge is 0.00728 e. The summed E-state index contributed by atoms with van der Waals surface area (Å²) in [6.07, 6.45) is 15.1. The molecule has 2 heterocycles. The third kappa shape index (κ3) is 2.92. The number of hydrogen-bond acceptors (Lipinski definition) is 1. The van der Waals surface area contributed by atoms with Crippen LogP contribution in [0.1, 0.15) is 64.2 Å². The summed E-state index contributed by atoms with van der Waals surface area (Å²) in [5.41, 5.74) is 0. The summed E-state index contributed by atoms with van der Waals surface area (Å²) < 4.78 is 0. The van der Waals surface area contributed by atoms with Gasteiger partial charge in [-0.15, -0.1) is 12.4 Å². The van der Waals surface area contributed by atoms with Gasteiger partial charge in [-0.05, 0) is 43.9 Å². The van der Waals surface area contributed by atoms with E-state index >= 15 is 0 Å². The molecule has 0 aromatic rings. The van der Waals surface area contributed by atoms with E-state index in [-0.39, 0.29) is 12.4 Å². The second-order valence-corrected chi connectivity index (χ2v) is 6.22. The van der Waals surface area contributed by atoms with Gasteiger partial charge >= 0.3 is 0 Å². The molecular formula is C14H26ClN. The molecule has 1 aliphatic carbocycles. The Kier molecular flexibility index (Phi) is 4.55. The van der Waals surface area contributed by atoms with Crippen LogP contribution in [0.25, 0.3) is 0 Å². The Morgan fingerprint density at radius 2 is 1.38 bits per heavy atom. The van der Waals surface area contributed by atoms with Gasteiger partial charge in [0.25, 0.3) is 0 Å². The van der Waals surface area contributed by atoms with Gasteiger partial charge in [0.1, 0.15) is 0 Å². The van der Waals surface area contributed by atoms with Crippen LogP contribution in [0.3, 0.4) is 0 Å². The van der Waals surface area contributed by atoms with Gasteiger partial charge in [-0.3, -0.25) is 0 Å². The molecule has 16 heavy (non-hydrogen) atoms. The molecule has 0 aromatic carbocycles. The molecule has 1 nitrogen and oxygen atoms in total. The van der Waals surface area contributed by atoms with E-state index in [1.54, 1.807) is 19.3 Å². The molecule has 0 spiro atoms. The fourth-order valence-corrected chi connectivity index (χ4v) is 4.26. The molecule has 0 amide bonds. The van der Waals surface area contributed by atoms with Crippen LogP contribution in [0, 0.1) is 11.8 Å².